The van der Waals surface area contributed by atoms with Crippen LogP contribution in [0.4, 0.5) is 5.69 Å². The van der Waals surface area contributed by atoms with E-state index in [0.717, 1.165) is 11.8 Å². The predicted molar refractivity (Wildman–Crippen MR) is 67.0 cm³/mol. The van der Waals surface area contributed by atoms with Crippen molar-refractivity contribution < 1.29 is 17.9 Å². The number of ether oxygens (including phenoxy) is 2. The molecule has 0 saturated carbocycles. The minimum Gasteiger partial charge on any atom is -0.489 e. The molecule has 0 fully saturated rings. The van der Waals surface area contributed by atoms with Crippen LogP contribution in [0.25, 0.3) is 0 Å². The summed E-state index contributed by atoms with van der Waals surface area (Å²) in [7, 11) is -1.73. The standard InChI is InChI=1S/C11H17NO4S/c1-9-4-5-10(12-17(3,13)14)11(8-9)16-7-6-15-2/h4-5,8,12H,6-7H2,1-3H3. The highest BCUT2D eigenvalue weighted by molar-refractivity contribution is 7.92. The molecule has 1 aromatic rings. The van der Waals surface area contributed by atoms with Crippen LogP contribution >= 0.6 is 0 Å². The number of nitrogens with one attached hydrogen (secondary N) is 1. The molecule has 0 saturated heterocycles. The summed E-state index contributed by atoms with van der Waals surface area (Å²) in [5.74, 6) is 0.507. The second-order valence-corrected chi connectivity index (χ2v) is 5.46. The van der Waals surface area contributed by atoms with Crippen LogP contribution < -0.4 is 9.46 Å². The van der Waals surface area contributed by atoms with Gasteiger partial charge in [0.25, 0.3) is 0 Å². The Bertz CT molecular complexity index is 470. The van der Waals surface area contributed by atoms with Gasteiger partial charge in [-0.2, -0.15) is 0 Å². The van der Waals surface area contributed by atoms with Gasteiger partial charge in [0.15, 0.2) is 0 Å². The van der Waals surface area contributed by atoms with Gasteiger partial charge in [-0.25, -0.2) is 8.42 Å². The highest BCUT2D eigenvalue weighted by Crippen LogP contribution is 2.26. The van der Waals surface area contributed by atoms with Crippen LogP contribution in [0.3, 0.4) is 0 Å². The van der Waals surface area contributed by atoms with Gasteiger partial charge < -0.3 is 9.47 Å². The Hall–Kier alpha value is -1.27. The predicted octanol–water partition coefficient (Wildman–Crippen LogP) is 1.39. The van der Waals surface area contributed by atoms with Crippen LogP contribution in [0.2, 0.25) is 0 Å². The van der Waals surface area contributed by atoms with Gasteiger partial charge in [0.2, 0.25) is 10.0 Å². The maximum Gasteiger partial charge on any atom is 0.229 e. The molecule has 0 bridgehead atoms. The molecule has 96 valence electrons. The fourth-order valence-electron chi connectivity index (χ4n) is 1.27. The van der Waals surface area contributed by atoms with E-state index in [2.05, 4.69) is 4.72 Å². The molecule has 1 rings (SSSR count). The van der Waals surface area contributed by atoms with Crippen molar-refractivity contribution in [2.24, 2.45) is 0 Å². The quantitative estimate of drug-likeness (QED) is 0.784. The Balaban J connectivity index is 2.87. The number of methoxy groups -OCH3 is 1. The molecule has 0 atom stereocenters. The normalized spacial score (nSPS) is 11.2. The maximum absolute atomic E-state index is 11.2. The molecule has 0 aromatic heterocycles. The first-order valence-corrected chi connectivity index (χ1v) is 7.01. The second kappa shape index (κ2) is 5.88. The van der Waals surface area contributed by atoms with Crippen LogP contribution in [-0.4, -0.2) is 35.0 Å². The van der Waals surface area contributed by atoms with Crippen LogP contribution in [0, 0.1) is 6.92 Å². The number of hydrogen-bond acceptors (Lipinski definition) is 4. The first-order chi connectivity index (χ1) is 7.92. The van der Waals surface area contributed by atoms with E-state index in [0.29, 0.717) is 24.7 Å². The molecule has 0 heterocycles. The summed E-state index contributed by atoms with van der Waals surface area (Å²) in [4.78, 5) is 0. The van der Waals surface area contributed by atoms with Crippen LogP contribution in [-0.2, 0) is 14.8 Å². The molecule has 17 heavy (non-hydrogen) atoms. The van der Waals surface area contributed by atoms with E-state index in [1.54, 1.807) is 19.2 Å². The van der Waals surface area contributed by atoms with Crippen molar-refractivity contribution in [2.45, 2.75) is 6.92 Å². The summed E-state index contributed by atoms with van der Waals surface area (Å²) >= 11 is 0. The lowest BCUT2D eigenvalue weighted by atomic mass is 10.2. The van der Waals surface area contributed by atoms with Gasteiger partial charge in [0, 0.05) is 7.11 Å². The highest BCUT2D eigenvalue weighted by Gasteiger charge is 2.08. The van der Waals surface area contributed by atoms with E-state index in [1.807, 2.05) is 13.0 Å². The first-order valence-electron chi connectivity index (χ1n) is 5.12. The molecule has 5 nitrogen and oxygen atoms in total. The Morgan fingerprint density at radius 2 is 2.00 bits per heavy atom. The van der Waals surface area contributed by atoms with E-state index in [9.17, 15) is 8.42 Å². The first kappa shape index (κ1) is 13.8. The Kier molecular flexibility index (Phi) is 4.77. The van der Waals surface area contributed by atoms with Gasteiger partial charge in [-0.3, -0.25) is 4.72 Å². The van der Waals surface area contributed by atoms with Gasteiger partial charge >= 0.3 is 0 Å². The molecule has 6 heteroatoms. The van der Waals surface area contributed by atoms with Gasteiger partial charge in [0.05, 0.1) is 18.6 Å². The van der Waals surface area contributed by atoms with Gasteiger partial charge in [-0.15, -0.1) is 0 Å². The van der Waals surface area contributed by atoms with Crippen molar-refractivity contribution in [3.63, 3.8) is 0 Å². The lowest BCUT2D eigenvalue weighted by Crippen LogP contribution is -2.12. The highest BCUT2D eigenvalue weighted by atomic mass is 32.2. The average molecular weight is 259 g/mol. The Labute approximate surface area is 102 Å². The third kappa shape index (κ3) is 5.06. The van der Waals surface area contributed by atoms with Crippen molar-refractivity contribution in [3.05, 3.63) is 23.8 Å². The topological polar surface area (TPSA) is 64.6 Å². The number of hydrogen-bond donors (Lipinski definition) is 1. The fraction of sp³-hybridized carbons (Fsp3) is 0.455. The second-order valence-electron chi connectivity index (χ2n) is 3.72. The van der Waals surface area contributed by atoms with Crippen LogP contribution in [0.1, 0.15) is 5.56 Å². The zero-order chi connectivity index (χ0) is 12.9. The molecule has 0 amide bonds. The monoisotopic (exact) mass is 259 g/mol. The largest absolute Gasteiger partial charge is 0.489 e. The molecule has 0 aliphatic rings. The summed E-state index contributed by atoms with van der Waals surface area (Å²) in [5.41, 5.74) is 1.44. The fourth-order valence-corrected chi connectivity index (χ4v) is 1.84. The molecular formula is C11H17NO4S. The molecule has 0 aliphatic carbocycles. The molecule has 1 N–H and O–H groups in total. The number of sulfonamides is 1. The van der Waals surface area contributed by atoms with Crippen LogP contribution in [0.15, 0.2) is 18.2 Å². The molecule has 0 radical (unpaired) electrons. The molecule has 0 spiro atoms. The van der Waals surface area contributed by atoms with Crippen molar-refractivity contribution in [2.75, 3.05) is 31.3 Å². The number of rotatable bonds is 6. The van der Waals surface area contributed by atoms with E-state index in [4.69, 9.17) is 9.47 Å². The third-order valence-electron chi connectivity index (χ3n) is 1.98. The Morgan fingerprint density at radius 3 is 2.59 bits per heavy atom. The summed E-state index contributed by atoms with van der Waals surface area (Å²) < 4.78 is 35.1. The van der Waals surface area contributed by atoms with Crippen molar-refractivity contribution in [1.29, 1.82) is 0 Å². The van der Waals surface area contributed by atoms with Gasteiger partial charge in [0.1, 0.15) is 12.4 Å². The Morgan fingerprint density at radius 1 is 1.29 bits per heavy atom. The lowest BCUT2D eigenvalue weighted by molar-refractivity contribution is 0.146. The minimum atomic E-state index is -3.30. The molecule has 0 unspecified atom stereocenters. The van der Waals surface area contributed by atoms with Gasteiger partial charge in [-0.1, -0.05) is 6.07 Å². The number of aryl methyl sites for hydroxylation is 1. The smallest absolute Gasteiger partial charge is 0.229 e. The average Bonchev–Trinajstić information content (AvgIpc) is 2.20. The third-order valence-corrected chi connectivity index (χ3v) is 2.57. The number of anilines is 1. The molecular weight excluding hydrogens is 242 g/mol. The van der Waals surface area contributed by atoms with E-state index in [-0.39, 0.29) is 0 Å². The summed E-state index contributed by atoms with van der Waals surface area (Å²) in [6, 6.07) is 5.28. The zero-order valence-corrected chi connectivity index (χ0v) is 11.0. The zero-order valence-electron chi connectivity index (χ0n) is 10.2. The van der Waals surface area contributed by atoms with E-state index < -0.39 is 10.0 Å². The maximum atomic E-state index is 11.2. The summed E-state index contributed by atoms with van der Waals surface area (Å²) in [5, 5.41) is 0. The lowest BCUT2D eigenvalue weighted by Gasteiger charge is -2.12. The van der Waals surface area contributed by atoms with E-state index in [1.165, 1.54) is 0 Å². The summed E-state index contributed by atoms with van der Waals surface area (Å²) in [6.45, 7) is 2.73. The molecule has 1 aromatic carbocycles. The SMILES string of the molecule is COCCOc1cc(C)ccc1NS(C)(=O)=O. The van der Waals surface area contributed by atoms with Gasteiger partial charge in [-0.05, 0) is 24.6 Å². The number of benzene rings is 1. The minimum absolute atomic E-state index is 0.373. The summed E-state index contributed by atoms with van der Waals surface area (Å²) in [6.07, 6.45) is 1.10. The van der Waals surface area contributed by atoms with E-state index >= 15 is 0 Å². The van der Waals surface area contributed by atoms with Crippen LogP contribution in [0.5, 0.6) is 5.75 Å². The van der Waals surface area contributed by atoms with Crippen molar-refractivity contribution in [1.82, 2.24) is 0 Å². The van der Waals surface area contributed by atoms with Crippen molar-refractivity contribution >= 4 is 15.7 Å². The molecule has 0 aliphatic heterocycles. The van der Waals surface area contributed by atoms with Crippen molar-refractivity contribution in [3.8, 4) is 5.75 Å².